The predicted octanol–water partition coefficient (Wildman–Crippen LogP) is 3.09. The van der Waals surface area contributed by atoms with Gasteiger partial charge in [0.1, 0.15) is 23.2 Å². The van der Waals surface area contributed by atoms with Gasteiger partial charge in [0.05, 0.1) is 5.52 Å². The number of hydrogen-bond acceptors (Lipinski definition) is 6. The molecular weight excluding hydrogens is 278 g/mol. The van der Waals surface area contributed by atoms with E-state index in [1.165, 1.54) is 5.56 Å². The van der Waals surface area contributed by atoms with Gasteiger partial charge in [0.25, 0.3) is 0 Å². The lowest BCUT2D eigenvalue weighted by atomic mass is 10.1. The number of anilines is 1. The second-order valence-electron chi connectivity index (χ2n) is 5.18. The van der Waals surface area contributed by atoms with Crippen LogP contribution in [0.4, 0.5) is 5.82 Å². The first-order chi connectivity index (χ1) is 10.8. The fourth-order valence-electron chi connectivity index (χ4n) is 2.43. The van der Waals surface area contributed by atoms with Crippen molar-refractivity contribution in [1.29, 1.82) is 0 Å². The van der Waals surface area contributed by atoms with E-state index in [0.29, 0.717) is 6.54 Å². The molecule has 1 N–H and O–H groups in total. The Morgan fingerprint density at radius 3 is 2.77 bits per heavy atom. The highest BCUT2D eigenvalue weighted by Gasteiger charge is 2.05. The zero-order valence-electron chi connectivity index (χ0n) is 11.9. The third-order valence-corrected chi connectivity index (χ3v) is 3.57. The molecule has 0 aliphatic carbocycles. The molecule has 0 aliphatic heterocycles. The monoisotopic (exact) mass is 291 g/mol. The Balaban J connectivity index is 1.64. The second-order valence-corrected chi connectivity index (χ2v) is 5.18. The maximum Gasteiger partial charge on any atom is 0.137 e. The molecule has 2 aromatic heterocycles. The average Bonchev–Trinajstić information content (AvgIpc) is 3.00. The van der Waals surface area contributed by atoms with Crippen molar-refractivity contribution in [3.63, 3.8) is 0 Å². The van der Waals surface area contributed by atoms with Gasteiger partial charge in [0.2, 0.25) is 0 Å². The van der Waals surface area contributed by atoms with E-state index in [2.05, 4.69) is 38.6 Å². The van der Waals surface area contributed by atoms with Gasteiger partial charge >= 0.3 is 0 Å². The summed E-state index contributed by atoms with van der Waals surface area (Å²) in [6, 6.07) is 12.0. The first kappa shape index (κ1) is 12.7. The van der Waals surface area contributed by atoms with Crippen LogP contribution in [-0.2, 0) is 6.54 Å². The zero-order valence-corrected chi connectivity index (χ0v) is 11.9. The molecule has 0 amide bonds. The van der Waals surface area contributed by atoms with E-state index in [-0.39, 0.29) is 0 Å². The molecule has 4 rings (SSSR count). The van der Waals surface area contributed by atoms with Gasteiger partial charge in [-0.05, 0) is 47.1 Å². The van der Waals surface area contributed by atoms with E-state index in [9.17, 15) is 0 Å². The number of benzene rings is 2. The van der Waals surface area contributed by atoms with Crippen LogP contribution in [0.2, 0.25) is 0 Å². The smallest absolute Gasteiger partial charge is 0.137 e. The summed E-state index contributed by atoms with van der Waals surface area (Å²) < 4.78 is 4.71. The highest BCUT2D eigenvalue weighted by molar-refractivity contribution is 5.89. The summed E-state index contributed by atoms with van der Waals surface area (Å²) in [6.07, 6.45) is 1.57. The normalized spacial score (nSPS) is 11.1. The van der Waals surface area contributed by atoms with E-state index < -0.39 is 0 Å². The first-order valence-corrected chi connectivity index (χ1v) is 6.96. The van der Waals surface area contributed by atoms with Gasteiger partial charge in [0.15, 0.2) is 0 Å². The lowest BCUT2D eigenvalue weighted by molar-refractivity contribution is 0.315. The van der Waals surface area contributed by atoms with Crippen molar-refractivity contribution in [3.05, 3.63) is 53.9 Å². The quantitative estimate of drug-likeness (QED) is 0.625. The fourth-order valence-corrected chi connectivity index (χ4v) is 2.43. The summed E-state index contributed by atoms with van der Waals surface area (Å²) in [7, 11) is 0. The Morgan fingerprint density at radius 2 is 1.82 bits per heavy atom. The van der Waals surface area contributed by atoms with Gasteiger partial charge in [-0.1, -0.05) is 17.7 Å². The largest absolute Gasteiger partial charge is 0.365 e. The summed E-state index contributed by atoms with van der Waals surface area (Å²) in [5.74, 6) is 0.826. The van der Waals surface area contributed by atoms with Gasteiger partial charge in [-0.25, -0.2) is 14.6 Å². The van der Waals surface area contributed by atoms with E-state index in [1.54, 1.807) is 6.33 Å². The number of nitrogens with zero attached hydrogens (tertiary/aromatic N) is 4. The van der Waals surface area contributed by atoms with Crippen molar-refractivity contribution in [3.8, 4) is 0 Å². The molecule has 0 radical (unpaired) electrons. The van der Waals surface area contributed by atoms with Gasteiger partial charge in [-0.2, -0.15) is 0 Å². The molecule has 0 unspecified atom stereocenters. The SMILES string of the molecule is Cc1ccc2ncnc(NCc3ccc4nonc4c3)c2c1. The molecule has 2 heterocycles. The van der Waals surface area contributed by atoms with Crippen LogP contribution < -0.4 is 5.32 Å². The predicted molar refractivity (Wildman–Crippen MR) is 83.4 cm³/mol. The van der Waals surface area contributed by atoms with Crippen LogP contribution >= 0.6 is 0 Å². The third kappa shape index (κ3) is 2.24. The molecular formula is C16H13N5O. The lowest BCUT2D eigenvalue weighted by Gasteiger charge is -2.08. The third-order valence-electron chi connectivity index (χ3n) is 3.57. The summed E-state index contributed by atoms with van der Waals surface area (Å²) in [5, 5.41) is 12.0. The van der Waals surface area contributed by atoms with Crippen molar-refractivity contribution in [2.75, 3.05) is 5.32 Å². The molecule has 0 fully saturated rings. The van der Waals surface area contributed by atoms with Crippen molar-refractivity contribution in [2.45, 2.75) is 13.5 Å². The molecule has 6 nitrogen and oxygen atoms in total. The minimum absolute atomic E-state index is 0.642. The molecule has 2 aromatic carbocycles. The summed E-state index contributed by atoms with van der Waals surface area (Å²) in [6.45, 7) is 2.70. The van der Waals surface area contributed by atoms with Crippen molar-refractivity contribution < 1.29 is 4.63 Å². The van der Waals surface area contributed by atoms with Crippen LogP contribution in [0.3, 0.4) is 0 Å². The number of fused-ring (bicyclic) bond motifs is 2. The molecule has 0 bridgehead atoms. The molecule has 22 heavy (non-hydrogen) atoms. The lowest BCUT2D eigenvalue weighted by Crippen LogP contribution is -2.02. The highest BCUT2D eigenvalue weighted by atomic mass is 16.6. The Kier molecular flexibility index (Phi) is 2.93. The summed E-state index contributed by atoms with van der Waals surface area (Å²) >= 11 is 0. The highest BCUT2D eigenvalue weighted by Crippen LogP contribution is 2.21. The topological polar surface area (TPSA) is 76.7 Å². The molecule has 0 saturated carbocycles. The summed E-state index contributed by atoms with van der Waals surface area (Å²) in [5.41, 5.74) is 4.71. The second kappa shape index (κ2) is 5.07. The van der Waals surface area contributed by atoms with E-state index in [1.807, 2.05) is 30.3 Å². The van der Waals surface area contributed by atoms with Gasteiger partial charge < -0.3 is 5.32 Å². The number of aromatic nitrogens is 4. The Labute approximate surface area is 126 Å². The van der Waals surface area contributed by atoms with Gasteiger partial charge in [-0.3, -0.25) is 0 Å². The van der Waals surface area contributed by atoms with Gasteiger partial charge in [-0.15, -0.1) is 0 Å². The number of hydrogen-bond donors (Lipinski definition) is 1. The van der Waals surface area contributed by atoms with Gasteiger partial charge in [0, 0.05) is 11.9 Å². The number of nitrogens with one attached hydrogen (secondary N) is 1. The van der Waals surface area contributed by atoms with Crippen LogP contribution in [0.25, 0.3) is 21.9 Å². The Morgan fingerprint density at radius 1 is 0.955 bits per heavy atom. The molecule has 0 spiro atoms. The van der Waals surface area contributed by atoms with E-state index in [0.717, 1.165) is 33.3 Å². The van der Waals surface area contributed by atoms with E-state index >= 15 is 0 Å². The van der Waals surface area contributed by atoms with Crippen LogP contribution in [0.5, 0.6) is 0 Å². The maximum absolute atomic E-state index is 4.71. The average molecular weight is 291 g/mol. The van der Waals surface area contributed by atoms with Crippen LogP contribution in [0.1, 0.15) is 11.1 Å². The molecule has 0 atom stereocenters. The fraction of sp³-hybridized carbons (Fsp3) is 0.125. The number of rotatable bonds is 3. The minimum atomic E-state index is 0.642. The Hall–Kier alpha value is -3.02. The minimum Gasteiger partial charge on any atom is -0.365 e. The van der Waals surface area contributed by atoms with E-state index in [4.69, 9.17) is 4.63 Å². The Bertz CT molecular complexity index is 963. The molecule has 108 valence electrons. The molecule has 0 aliphatic rings. The number of aryl methyl sites for hydroxylation is 1. The summed E-state index contributed by atoms with van der Waals surface area (Å²) in [4.78, 5) is 8.64. The molecule has 0 saturated heterocycles. The first-order valence-electron chi connectivity index (χ1n) is 6.96. The van der Waals surface area contributed by atoms with Crippen molar-refractivity contribution in [1.82, 2.24) is 20.3 Å². The van der Waals surface area contributed by atoms with Crippen molar-refractivity contribution >= 4 is 27.8 Å². The molecule has 6 heteroatoms. The van der Waals surface area contributed by atoms with Crippen LogP contribution in [0.15, 0.2) is 47.4 Å². The maximum atomic E-state index is 4.71. The van der Waals surface area contributed by atoms with Crippen LogP contribution in [0, 0.1) is 6.92 Å². The van der Waals surface area contributed by atoms with Crippen LogP contribution in [-0.4, -0.2) is 20.3 Å². The van der Waals surface area contributed by atoms with Crippen molar-refractivity contribution in [2.24, 2.45) is 0 Å². The molecule has 4 aromatic rings. The standard InChI is InChI=1S/C16H13N5O/c1-10-2-4-13-12(6-10)16(19-9-18-13)17-8-11-3-5-14-15(7-11)21-22-20-14/h2-7,9H,8H2,1H3,(H,17,18,19). The zero-order chi connectivity index (χ0) is 14.9.